The van der Waals surface area contributed by atoms with Gasteiger partial charge in [-0.05, 0) is 30.4 Å². The monoisotopic (exact) mass is 344 g/mol. The van der Waals surface area contributed by atoms with E-state index in [9.17, 15) is 13.2 Å². The summed E-state index contributed by atoms with van der Waals surface area (Å²) >= 11 is 0. The van der Waals surface area contributed by atoms with Crippen LogP contribution in [-0.2, 0) is 6.54 Å². The Balaban J connectivity index is 1.90. The predicted molar refractivity (Wildman–Crippen MR) is 86.0 cm³/mol. The van der Waals surface area contributed by atoms with Gasteiger partial charge in [0.05, 0.1) is 0 Å². The molecular weight excluding hydrogens is 321 g/mol. The lowest BCUT2D eigenvalue weighted by Crippen LogP contribution is -2.45. The van der Waals surface area contributed by atoms with Gasteiger partial charge in [0, 0.05) is 38.9 Å². The van der Waals surface area contributed by atoms with Gasteiger partial charge in [0.25, 0.3) is 0 Å². The molecule has 1 atom stereocenters. The average Bonchev–Trinajstić information content (AvgIpc) is 2.53. The van der Waals surface area contributed by atoms with E-state index >= 15 is 0 Å². The van der Waals surface area contributed by atoms with Crippen molar-refractivity contribution in [3.05, 3.63) is 23.9 Å². The number of hydrogen-bond donors (Lipinski definition) is 1. The van der Waals surface area contributed by atoms with Crippen molar-refractivity contribution >= 4 is 5.96 Å². The molecule has 5 nitrogen and oxygen atoms in total. The summed E-state index contributed by atoms with van der Waals surface area (Å²) in [7, 11) is 1.73. The Bertz CT molecular complexity index is 562. The van der Waals surface area contributed by atoms with Gasteiger partial charge in [0.15, 0.2) is 12.6 Å². The lowest BCUT2D eigenvalue weighted by Gasteiger charge is -2.33. The summed E-state index contributed by atoms with van der Waals surface area (Å²) in [5.41, 5.74) is 0.786. The molecule has 0 amide bonds. The first-order valence-electron chi connectivity index (χ1n) is 7.97. The summed E-state index contributed by atoms with van der Waals surface area (Å²) in [4.78, 5) is 10.3. The molecule has 0 aromatic carbocycles. The van der Waals surface area contributed by atoms with Crippen LogP contribution in [0.2, 0.25) is 0 Å². The van der Waals surface area contributed by atoms with Crippen molar-refractivity contribution in [2.24, 2.45) is 10.9 Å². The molecule has 0 radical (unpaired) electrons. The van der Waals surface area contributed by atoms with Crippen LogP contribution in [-0.4, -0.2) is 48.8 Å². The van der Waals surface area contributed by atoms with Gasteiger partial charge in [-0.1, -0.05) is 6.92 Å². The molecule has 2 rings (SSSR count). The zero-order valence-corrected chi connectivity index (χ0v) is 13.9. The number of halogens is 3. The van der Waals surface area contributed by atoms with E-state index in [1.807, 2.05) is 0 Å². The zero-order valence-electron chi connectivity index (χ0n) is 13.9. The maximum atomic E-state index is 12.2. The SMILES string of the molecule is CN=C(NCc1ccnc(OCC(F)(F)F)c1)N1CCCC(C)C1. The average molecular weight is 344 g/mol. The highest BCUT2D eigenvalue weighted by Gasteiger charge is 2.28. The molecule has 24 heavy (non-hydrogen) atoms. The van der Waals surface area contributed by atoms with Crippen molar-refractivity contribution < 1.29 is 17.9 Å². The molecule has 0 spiro atoms. The summed E-state index contributed by atoms with van der Waals surface area (Å²) in [6.07, 6.45) is -0.582. The van der Waals surface area contributed by atoms with E-state index in [-0.39, 0.29) is 5.88 Å². The van der Waals surface area contributed by atoms with Crippen LogP contribution >= 0.6 is 0 Å². The Kier molecular flexibility index (Phi) is 6.28. The van der Waals surface area contributed by atoms with Gasteiger partial charge >= 0.3 is 6.18 Å². The van der Waals surface area contributed by atoms with Gasteiger partial charge < -0.3 is 15.0 Å². The van der Waals surface area contributed by atoms with E-state index in [0.29, 0.717) is 12.5 Å². The highest BCUT2D eigenvalue weighted by atomic mass is 19.4. The fourth-order valence-corrected chi connectivity index (χ4v) is 2.69. The minimum Gasteiger partial charge on any atom is -0.468 e. The Morgan fingerprint density at radius 3 is 2.96 bits per heavy atom. The lowest BCUT2D eigenvalue weighted by atomic mass is 10.0. The van der Waals surface area contributed by atoms with Crippen LogP contribution in [0.25, 0.3) is 0 Å². The lowest BCUT2D eigenvalue weighted by molar-refractivity contribution is -0.154. The molecule has 2 heterocycles. The molecule has 1 aliphatic rings. The molecule has 1 N–H and O–H groups in total. The number of piperidine rings is 1. The molecular formula is C16H23F3N4O. The molecule has 1 aromatic heterocycles. The van der Waals surface area contributed by atoms with Gasteiger partial charge in [0.2, 0.25) is 5.88 Å². The zero-order chi connectivity index (χ0) is 17.6. The number of guanidine groups is 1. The van der Waals surface area contributed by atoms with Crippen molar-refractivity contribution in [2.45, 2.75) is 32.5 Å². The minimum atomic E-state index is -4.37. The van der Waals surface area contributed by atoms with Gasteiger partial charge in [-0.15, -0.1) is 0 Å². The second kappa shape index (κ2) is 8.21. The third kappa shape index (κ3) is 5.90. The largest absolute Gasteiger partial charge is 0.468 e. The highest BCUT2D eigenvalue weighted by Crippen LogP contribution is 2.18. The van der Waals surface area contributed by atoms with Crippen LogP contribution in [0.1, 0.15) is 25.3 Å². The summed E-state index contributed by atoms with van der Waals surface area (Å²) in [6, 6.07) is 3.24. The molecule has 1 fully saturated rings. The normalized spacial score (nSPS) is 19.3. The number of rotatable bonds is 4. The molecule has 1 aliphatic heterocycles. The number of aliphatic imine (C=N–C) groups is 1. The number of alkyl halides is 3. The molecule has 1 aromatic rings. The van der Waals surface area contributed by atoms with E-state index in [1.165, 1.54) is 18.7 Å². The fraction of sp³-hybridized carbons (Fsp3) is 0.625. The third-order valence-electron chi connectivity index (χ3n) is 3.80. The molecule has 0 aliphatic carbocycles. The van der Waals surface area contributed by atoms with Crippen molar-refractivity contribution in [3.8, 4) is 5.88 Å². The van der Waals surface area contributed by atoms with Crippen molar-refractivity contribution in [2.75, 3.05) is 26.7 Å². The quantitative estimate of drug-likeness (QED) is 0.674. The smallest absolute Gasteiger partial charge is 0.422 e. The molecule has 0 saturated carbocycles. The number of likely N-dealkylation sites (tertiary alicyclic amines) is 1. The number of ether oxygens (including phenoxy) is 1. The number of nitrogens with one attached hydrogen (secondary N) is 1. The summed E-state index contributed by atoms with van der Waals surface area (Å²) < 4.78 is 41.2. The van der Waals surface area contributed by atoms with Crippen molar-refractivity contribution in [1.82, 2.24) is 15.2 Å². The van der Waals surface area contributed by atoms with Crippen LogP contribution in [0.15, 0.2) is 23.3 Å². The van der Waals surface area contributed by atoms with E-state index in [2.05, 4.69) is 31.9 Å². The number of hydrogen-bond acceptors (Lipinski definition) is 3. The standard InChI is InChI=1S/C16H23F3N4O/c1-12-4-3-7-23(10-12)15(20-2)22-9-13-5-6-21-14(8-13)24-11-16(17,18)19/h5-6,8,12H,3-4,7,9-11H2,1-2H3,(H,20,22). The van der Waals surface area contributed by atoms with Crippen LogP contribution in [0, 0.1) is 5.92 Å². The molecule has 1 unspecified atom stereocenters. The van der Waals surface area contributed by atoms with Crippen LogP contribution < -0.4 is 10.1 Å². The van der Waals surface area contributed by atoms with E-state index in [1.54, 1.807) is 13.1 Å². The Labute approximate surface area is 139 Å². The molecule has 8 heteroatoms. The Hall–Kier alpha value is -1.99. The number of aromatic nitrogens is 1. The Morgan fingerprint density at radius 1 is 1.50 bits per heavy atom. The van der Waals surface area contributed by atoms with Crippen molar-refractivity contribution in [1.29, 1.82) is 0 Å². The number of nitrogens with zero attached hydrogens (tertiary/aromatic N) is 3. The first-order chi connectivity index (χ1) is 11.4. The summed E-state index contributed by atoms with van der Waals surface area (Å²) in [6.45, 7) is 3.23. The maximum absolute atomic E-state index is 12.2. The maximum Gasteiger partial charge on any atom is 0.422 e. The third-order valence-corrected chi connectivity index (χ3v) is 3.80. The van der Waals surface area contributed by atoms with Gasteiger partial charge in [-0.25, -0.2) is 4.98 Å². The van der Waals surface area contributed by atoms with Crippen LogP contribution in [0.4, 0.5) is 13.2 Å². The first-order valence-corrected chi connectivity index (χ1v) is 7.97. The molecule has 1 saturated heterocycles. The van der Waals surface area contributed by atoms with Gasteiger partial charge in [0.1, 0.15) is 0 Å². The Morgan fingerprint density at radius 2 is 2.29 bits per heavy atom. The van der Waals surface area contributed by atoms with E-state index in [4.69, 9.17) is 0 Å². The molecule has 0 bridgehead atoms. The van der Waals surface area contributed by atoms with Gasteiger partial charge in [-0.3, -0.25) is 4.99 Å². The minimum absolute atomic E-state index is 0.0341. The highest BCUT2D eigenvalue weighted by molar-refractivity contribution is 5.79. The molecule has 134 valence electrons. The number of pyridine rings is 1. The fourth-order valence-electron chi connectivity index (χ4n) is 2.69. The van der Waals surface area contributed by atoms with Crippen molar-refractivity contribution in [3.63, 3.8) is 0 Å². The second-order valence-corrected chi connectivity index (χ2v) is 6.00. The predicted octanol–water partition coefficient (Wildman–Crippen LogP) is 2.83. The van der Waals surface area contributed by atoms with E-state index in [0.717, 1.165) is 31.0 Å². The van der Waals surface area contributed by atoms with Crippen LogP contribution in [0.5, 0.6) is 5.88 Å². The van der Waals surface area contributed by atoms with Crippen LogP contribution in [0.3, 0.4) is 0 Å². The van der Waals surface area contributed by atoms with Gasteiger partial charge in [-0.2, -0.15) is 13.2 Å². The first kappa shape index (κ1) is 18.4. The topological polar surface area (TPSA) is 49.8 Å². The summed E-state index contributed by atoms with van der Waals surface area (Å²) in [5, 5.41) is 3.25. The second-order valence-electron chi connectivity index (χ2n) is 6.00. The van der Waals surface area contributed by atoms with E-state index < -0.39 is 12.8 Å². The summed E-state index contributed by atoms with van der Waals surface area (Å²) in [5.74, 6) is 1.39.